The number of nitrogens with zero attached hydrogens (tertiary/aromatic N) is 1. The molecule has 0 spiro atoms. The Kier molecular flexibility index (Phi) is 3.97. The number of rotatable bonds is 2. The van der Waals surface area contributed by atoms with Gasteiger partial charge in [-0.25, -0.2) is 4.79 Å². The predicted octanol–water partition coefficient (Wildman–Crippen LogP) is 1.02. The van der Waals surface area contributed by atoms with Gasteiger partial charge < -0.3 is 4.74 Å². The second kappa shape index (κ2) is 4.57. The second-order valence-corrected chi connectivity index (χ2v) is 1.71. The Morgan fingerprint density at radius 1 is 1.80 bits per heavy atom. The molecule has 54 valence electrons. The van der Waals surface area contributed by atoms with E-state index < -0.39 is 12.1 Å². The Bertz CT molecular complexity index is 179. The van der Waals surface area contributed by atoms with Crippen molar-refractivity contribution in [2.24, 2.45) is 0 Å². The molecule has 0 fully saturated rings. The van der Waals surface area contributed by atoms with Crippen LogP contribution in [0.3, 0.4) is 0 Å². The zero-order valence-electron chi connectivity index (χ0n) is 6.00. The maximum absolute atomic E-state index is 10.6. The minimum atomic E-state index is -0.663. The summed E-state index contributed by atoms with van der Waals surface area (Å²) in [4.78, 5) is 10.6. The first-order chi connectivity index (χ1) is 4.70. The fourth-order valence-electron chi connectivity index (χ4n) is 0.376. The summed E-state index contributed by atoms with van der Waals surface area (Å²) in [6, 6.07) is 1.78. The summed E-state index contributed by atoms with van der Waals surface area (Å²) in [5.41, 5.74) is 0. The van der Waals surface area contributed by atoms with Gasteiger partial charge in [0.2, 0.25) is 0 Å². The maximum atomic E-state index is 10.6. The molecule has 3 nitrogen and oxygen atoms in total. The van der Waals surface area contributed by atoms with Crippen LogP contribution in [0, 0.1) is 11.3 Å². The molecule has 0 aliphatic carbocycles. The number of allylic oxidation sites excluding steroid dienone is 1. The first kappa shape index (κ1) is 8.70. The van der Waals surface area contributed by atoms with Crippen molar-refractivity contribution in [2.75, 3.05) is 0 Å². The molecule has 1 unspecified atom stereocenters. The fourth-order valence-corrected chi connectivity index (χ4v) is 0.376. The number of hydrogen-bond donors (Lipinski definition) is 0. The van der Waals surface area contributed by atoms with Crippen molar-refractivity contribution in [2.45, 2.75) is 20.0 Å². The van der Waals surface area contributed by atoms with Crippen molar-refractivity contribution in [3.05, 3.63) is 12.2 Å². The Hall–Kier alpha value is -1.30. The highest BCUT2D eigenvalue weighted by Crippen LogP contribution is 1.89. The summed E-state index contributed by atoms with van der Waals surface area (Å²) >= 11 is 0. The van der Waals surface area contributed by atoms with Crippen LogP contribution in [-0.2, 0) is 9.53 Å². The van der Waals surface area contributed by atoms with E-state index in [-0.39, 0.29) is 0 Å². The molecule has 1 atom stereocenters. The van der Waals surface area contributed by atoms with E-state index in [1.165, 1.54) is 13.0 Å². The van der Waals surface area contributed by atoms with Gasteiger partial charge in [0.05, 0.1) is 0 Å². The number of nitriles is 1. The molecular formula is C7H9NO2. The van der Waals surface area contributed by atoms with E-state index in [2.05, 4.69) is 4.74 Å². The molecule has 0 rings (SSSR count). The smallest absolute Gasteiger partial charge is 0.331 e. The van der Waals surface area contributed by atoms with Crippen LogP contribution in [0.1, 0.15) is 13.8 Å². The lowest BCUT2D eigenvalue weighted by atomic mass is 10.4. The van der Waals surface area contributed by atoms with Crippen LogP contribution in [0.15, 0.2) is 12.2 Å². The molecule has 0 aromatic carbocycles. The largest absolute Gasteiger partial charge is 0.444 e. The van der Waals surface area contributed by atoms with Gasteiger partial charge in [0.25, 0.3) is 0 Å². The molecule has 0 aromatic rings. The third kappa shape index (κ3) is 3.67. The van der Waals surface area contributed by atoms with Crippen molar-refractivity contribution in [3.63, 3.8) is 0 Å². The zero-order valence-corrected chi connectivity index (χ0v) is 6.00. The first-order valence-electron chi connectivity index (χ1n) is 2.93. The van der Waals surface area contributed by atoms with Gasteiger partial charge in [-0.1, -0.05) is 6.08 Å². The predicted molar refractivity (Wildman–Crippen MR) is 36.0 cm³/mol. The molecule has 0 aliphatic heterocycles. The van der Waals surface area contributed by atoms with Crippen LogP contribution in [0.2, 0.25) is 0 Å². The Morgan fingerprint density at radius 2 is 2.40 bits per heavy atom. The van der Waals surface area contributed by atoms with Crippen molar-refractivity contribution in [1.29, 1.82) is 5.26 Å². The summed E-state index contributed by atoms with van der Waals surface area (Å²) < 4.78 is 4.55. The van der Waals surface area contributed by atoms with E-state index in [0.717, 1.165) is 0 Å². The molecule has 0 radical (unpaired) electrons. The molecule has 0 aromatic heterocycles. The van der Waals surface area contributed by atoms with Crippen molar-refractivity contribution in [1.82, 2.24) is 0 Å². The normalized spacial score (nSPS) is 12.5. The van der Waals surface area contributed by atoms with Crippen LogP contribution in [-0.4, -0.2) is 12.1 Å². The first-order valence-corrected chi connectivity index (χ1v) is 2.93. The topological polar surface area (TPSA) is 50.1 Å². The van der Waals surface area contributed by atoms with Crippen LogP contribution in [0.4, 0.5) is 0 Å². The molecule has 0 amide bonds. The van der Waals surface area contributed by atoms with Gasteiger partial charge in [0.15, 0.2) is 6.10 Å². The van der Waals surface area contributed by atoms with Crippen molar-refractivity contribution >= 4 is 5.97 Å². The lowest BCUT2D eigenvalue weighted by molar-refractivity contribution is -0.139. The number of hydrogen-bond acceptors (Lipinski definition) is 3. The van der Waals surface area contributed by atoms with Gasteiger partial charge in [-0.15, -0.1) is 0 Å². The molecule has 0 saturated carbocycles. The standard InChI is InChI=1S/C7H9NO2/c1-3-4-7(9)10-6(2)5-8/h3-4,6H,1-2H3/b4-3+. The van der Waals surface area contributed by atoms with E-state index in [9.17, 15) is 4.79 Å². The van der Waals surface area contributed by atoms with Gasteiger partial charge in [-0.05, 0) is 13.8 Å². The number of carbonyl (C=O) groups is 1. The average Bonchev–Trinajstić information content (AvgIpc) is 1.88. The Labute approximate surface area is 59.9 Å². The lowest BCUT2D eigenvalue weighted by Gasteiger charge is -2.00. The van der Waals surface area contributed by atoms with E-state index in [0.29, 0.717) is 0 Å². The molecule has 0 N–H and O–H groups in total. The fraction of sp³-hybridized carbons (Fsp3) is 0.429. The molecule has 3 heteroatoms. The Balaban J connectivity index is 3.71. The van der Waals surface area contributed by atoms with Crippen molar-refractivity contribution in [3.8, 4) is 6.07 Å². The van der Waals surface area contributed by atoms with Crippen LogP contribution in [0.25, 0.3) is 0 Å². The maximum Gasteiger partial charge on any atom is 0.331 e. The minimum Gasteiger partial charge on any atom is -0.444 e. The highest BCUT2D eigenvalue weighted by Gasteiger charge is 2.02. The Morgan fingerprint density at radius 3 is 2.80 bits per heavy atom. The second-order valence-electron chi connectivity index (χ2n) is 1.71. The number of carbonyl (C=O) groups excluding carboxylic acids is 1. The SMILES string of the molecule is C/C=C/C(=O)OC(C)C#N. The monoisotopic (exact) mass is 139 g/mol. The van der Waals surface area contributed by atoms with Gasteiger partial charge in [0.1, 0.15) is 6.07 Å². The molecule has 10 heavy (non-hydrogen) atoms. The molecule has 0 aliphatic rings. The van der Waals surface area contributed by atoms with Crippen LogP contribution >= 0.6 is 0 Å². The van der Waals surface area contributed by atoms with Gasteiger partial charge in [-0.3, -0.25) is 0 Å². The number of ether oxygens (including phenoxy) is 1. The van der Waals surface area contributed by atoms with Crippen molar-refractivity contribution < 1.29 is 9.53 Å². The highest BCUT2D eigenvalue weighted by atomic mass is 16.5. The third-order valence-corrected chi connectivity index (χ3v) is 0.777. The van der Waals surface area contributed by atoms with Crippen LogP contribution in [0.5, 0.6) is 0 Å². The summed E-state index contributed by atoms with van der Waals surface area (Å²) in [5.74, 6) is -0.475. The quantitative estimate of drug-likeness (QED) is 0.424. The van der Waals surface area contributed by atoms with Crippen LogP contribution < -0.4 is 0 Å². The van der Waals surface area contributed by atoms with E-state index in [4.69, 9.17) is 5.26 Å². The summed E-state index contributed by atoms with van der Waals surface area (Å²) in [7, 11) is 0. The van der Waals surface area contributed by atoms with E-state index in [1.54, 1.807) is 19.1 Å². The van der Waals surface area contributed by atoms with Gasteiger partial charge in [0, 0.05) is 6.08 Å². The highest BCUT2D eigenvalue weighted by molar-refractivity contribution is 5.82. The zero-order chi connectivity index (χ0) is 7.98. The average molecular weight is 139 g/mol. The number of esters is 1. The van der Waals surface area contributed by atoms with Gasteiger partial charge in [-0.2, -0.15) is 5.26 Å². The van der Waals surface area contributed by atoms with Gasteiger partial charge >= 0.3 is 5.97 Å². The summed E-state index contributed by atoms with van der Waals surface area (Å²) in [6.07, 6.45) is 2.17. The molecule has 0 heterocycles. The lowest BCUT2D eigenvalue weighted by Crippen LogP contribution is -2.09. The molecular weight excluding hydrogens is 130 g/mol. The summed E-state index contributed by atoms with van der Waals surface area (Å²) in [5, 5.41) is 8.20. The minimum absolute atomic E-state index is 0.475. The third-order valence-electron chi connectivity index (χ3n) is 0.777. The van der Waals surface area contributed by atoms with E-state index >= 15 is 0 Å². The molecule has 0 bridgehead atoms. The summed E-state index contributed by atoms with van der Waals surface area (Å²) in [6.45, 7) is 3.22. The molecule has 0 saturated heterocycles. The van der Waals surface area contributed by atoms with E-state index in [1.807, 2.05) is 0 Å².